The Balaban J connectivity index is 1.59. The number of nitrogens with zero attached hydrogens (tertiary/aromatic N) is 5. The molecule has 0 aliphatic rings. The molecule has 0 aliphatic carbocycles. The summed E-state index contributed by atoms with van der Waals surface area (Å²) in [4.78, 5) is 29.9. The van der Waals surface area contributed by atoms with Gasteiger partial charge in [-0.3, -0.25) is 14.5 Å². The molecule has 1 N–H and O–H groups in total. The molecule has 1 aromatic heterocycles. The van der Waals surface area contributed by atoms with Crippen molar-refractivity contribution in [2.75, 3.05) is 4.90 Å². The molecule has 0 radical (unpaired) electrons. The SMILES string of the molecule is CC[C@@H](C(=O)NCc1ccc(F)cc1)N(C(=O)Cn1nnc(-c2ccc(C)cc2)n1)c1cc(C)ccc1C. The van der Waals surface area contributed by atoms with Gasteiger partial charge in [-0.1, -0.05) is 61.0 Å². The van der Waals surface area contributed by atoms with Crippen LogP contribution in [0.25, 0.3) is 11.4 Å². The molecule has 0 saturated carbocycles. The minimum absolute atomic E-state index is 0.187. The largest absolute Gasteiger partial charge is 0.350 e. The first kappa shape index (κ1) is 26.7. The van der Waals surface area contributed by atoms with Gasteiger partial charge in [-0.15, -0.1) is 10.2 Å². The topological polar surface area (TPSA) is 93.0 Å². The number of tetrazole rings is 1. The van der Waals surface area contributed by atoms with E-state index in [1.54, 1.807) is 12.1 Å². The normalized spacial score (nSPS) is 11.7. The van der Waals surface area contributed by atoms with E-state index in [1.165, 1.54) is 21.8 Å². The molecule has 4 rings (SSSR count). The molecule has 2 amide bonds. The number of hydrogen-bond acceptors (Lipinski definition) is 5. The van der Waals surface area contributed by atoms with E-state index in [0.29, 0.717) is 17.9 Å². The van der Waals surface area contributed by atoms with Gasteiger partial charge in [-0.2, -0.15) is 4.80 Å². The van der Waals surface area contributed by atoms with Gasteiger partial charge in [-0.05, 0) is 67.3 Å². The van der Waals surface area contributed by atoms with Crippen LogP contribution in [0.3, 0.4) is 0 Å². The van der Waals surface area contributed by atoms with E-state index >= 15 is 0 Å². The number of carbonyl (C=O) groups is 2. The highest BCUT2D eigenvalue weighted by atomic mass is 19.1. The summed E-state index contributed by atoms with van der Waals surface area (Å²) in [5.74, 6) is -0.570. The van der Waals surface area contributed by atoms with Crippen molar-refractivity contribution in [2.45, 2.75) is 53.2 Å². The van der Waals surface area contributed by atoms with Gasteiger partial charge in [0.05, 0.1) is 0 Å². The molecule has 1 heterocycles. The van der Waals surface area contributed by atoms with Gasteiger partial charge in [0.15, 0.2) is 0 Å². The molecule has 3 aromatic carbocycles. The molecule has 0 fully saturated rings. The van der Waals surface area contributed by atoms with Gasteiger partial charge in [0, 0.05) is 17.8 Å². The van der Waals surface area contributed by atoms with Crippen molar-refractivity contribution < 1.29 is 14.0 Å². The number of amides is 2. The summed E-state index contributed by atoms with van der Waals surface area (Å²) in [6.45, 7) is 7.73. The van der Waals surface area contributed by atoms with Crippen LogP contribution in [0.2, 0.25) is 0 Å². The lowest BCUT2D eigenvalue weighted by Gasteiger charge is -2.31. The lowest BCUT2D eigenvalue weighted by atomic mass is 10.1. The van der Waals surface area contributed by atoms with E-state index in [1.807, 2.05) is 70.2 Å². The maximum atomic E-state index is 13.8. The fourth-order valence-electron chi connectivity index (χ4n) is 4.18. The zero-order valence-electron chi connectivity index (χ0n) is 22.0. The second-order valence-electron chi connectivity index (χ2n) is 9.33. The number of rotatable bonds is 9. The zero-order chi connectivity index (χ0) is 27.2. The van der Waals surface area contributed by atoms with Crippen LogP contribution >= 0.6 is 0 Å². The van der Waals surface area contributed by atoms with Crippen LogP contribution in [0, 0.1) is 26.6 Å². The molecule has 0 unspecified atom stereocenters. The Morgan fingerprint density at radius 1 is 0.974 bits per heavy atom. The summed E-state index contributed by atoms with van der Waals surface area (Å²) < 4.78 is 13.3. The predicted molar refractivity (Wildman–Crippen MR) is 144 cm³/mol. The molecule has 0 aliphatic heterocycles. The van der Waals surface area contributed by atoms with Gasteiger partial charge in [0.25, 0.3) is 5.91 Å². The second kappa shape index (κ2) is 11.8. The molecule has 0 spiro atoms. The molecule has 0 bridgehead atoms. The van der Waals surface area contributed by atoms with Gasteiger partial charge in [0.2, 0.25) is 11.7 Å². The molecule has 38 heavy (non-hydrogen) atoms. The average Bonchev–Trinajstić information content (AvgIpc) is 3.37. The number of aromatic nitrogens is 4. The Hall–Kier alpha value is -4.40. The van der Waals surface area contributed by atoms with Crippen LogP contribution < -0.4 is 10.2 Å². The number of halogens is 1. The number of carbonyl (C=O) groups excluding carboxylic acids is 2. The fraction of sp³-hybridized carbons (Fsp3) is 0.276. The Morgan fingerprint density at radius 3 is 2.34 bits per heavy atom. The summed E-state index contributed by atoms with van der Waals surface area (Å²) in [5, 5.41) is 15.5. The number of anilines is 1. The molecule has 1 atom stereocenters. The number of benzene rings is 3. The average molecular weight is 515 g/mol. The highest BCUT2D eigenvalue weighted by molar-refractivity contribution is 6.01. The van der Waals surface area contributed by atoms with E-state index in [2.05, 4.69) is 20.7 Å². The van der Waals surface area contributed by atoms with Crippen molar-refractivity contribution in [3.63, 3.8) is 0 Å². The van der Waals surface area contributed by atoms with Crippen molar-refractivity contribution >= 4 is 17.5 Å². The Labute approximate surface area is 221 Å². The van der Waals surface area contributed by atoms with Crippen LogP contribution in [0.1, 0.15) is 35.6 Å². The first-order valence-electron chi connectivity index (χ1n) is 12.5. The van der Waals surface area contributed by atoms with Gasteiger partial charge in [0.1, 0.15) is 18.4 Å². The quantitative estimate of drug-likeness (QED) is 0.354. The van der Waals surface area contributed by atoms with E-state index in [0.717, 1.165) is 27.8 Å². The maximum absolute atomic E-state index is 13.8. The number of nitrogens with one attached hydrogen (secondary N) is 1. The summed E-state index contributed by atoms with van der Waals surface area (Å²) in [6.07, 6.45) is 0.383. The molecule has 196 valence electrons. The van der Waals surface area contributed by atoms with Crippen LogP contribution in [0.4, 0.5) is 10.1 Å². The standard InChI is InChI=1S/C29H31FN6O2/c1-5-25(29(38)31-17-22-10-14-24(30)15-11-22)36(26-16-20(3)6-9-21(26)4)27(37)18-35-33-28(32-34-35)23-12-7-19(2)8-13-23/h6-16,25H,5,17-18H2,1-4H3,(H,31,38)/t25-/m0/s1. The number of hydrogen-bond donors (Lipinski definition) is 1. The molecular formula is C29H31FN6O2. The third-order valence-corrected chi connectivity index (χ3v) is 6.31. The van der Waals surface area contributed by atoms with Crippen LogP contribution in [-0.4, -0.2) is 38.1 Å². The molecule has 8 nitrogen and oxygen atoms in total. The van der Waals surface area contributed by atoms with Gasteiger partial charge < -0.3 is 5.32 Å². The second-order valence-corrected chi connectivity index (χ2v) is 9.33. The van der Waals surface area contributed by atoms with E-state index in [9.17, 15) is 14.0 Å². The smallest absolute Gasteiger partial charge is 0.251 e. The van der Waals surface area contributed by atoms with Crippen LogP contribution in [0.5, 0.6) is 0 Å². The summed E-state index contributed by atoms with van der Waals surface area (Å²) in [7, 11) is 0. The third kappa shape index (κ3) is 6.29. The minimum Gasteiger partial charge on any atom is -0.350 e. The Bertz CT molecular complexity index is 1420. The lowest BCUT2D eigenvalue weighted by Crippen LogP contribution is -2.51. The van der Waals surface area contributed by atoms with Crippen molar-refractivity contribution in [1.29, 1.82) is 0 Å². The summed E-state index contributed by atoms with van der Waals surface area (Å²) in [5.41, 5.74) is 5.15. The first-order chi connectivity index (χ1) is 18.2. The van der Waals surface area contributed by atoms with E-state index in [4.69, 9.17) is 0 Å². The molecular weight excluding hydrogens is 483 g/mol. The van der Waals surface area contributed by atoms with Crippen molar-refractivity contribution in [3.05, 3.63) is 94.8 Å². The molecule has 9 heteroatoms. The summed E-state index contributed by atoms with van der Waals surface area (Å²) in [6, 6.07) is 18.7. The minimum atomic E-state index is -0.775. The highest BCUT2D eigenvalue weighted by Crippen LogP contribution is 2.26. The van der Waals surface area contributed by atoms with E-state index < -0.39 is 6.04 Å². The fourth-order valence-corrected chi connectivity index (χ4v) is 4.18. The van der Waals surface area contributed by atoms with Crippen LogP contribution in [-0.2, 0) is 22.7 Å². The van der Waals surface area contributed by atoms with Gasteiger partial charge in [-0.25, -0.2) is 4.39 Å². The first-order valence-corrected chi connectivity index (χ1v) is 12.5. The molecule has 4 aromatic rings. The highest BCUT2D eigenvalue weighted by Gasteiger charge is 2.31. The third-order valence-electron chi connectivity index (χ3n) is 6.31. The Morgan fingerprint density at radius 2 is 1.66 bits per heavy atom. The van der Waals surface area contributed by atoms with Gasteiger partial charge >= 0.3 is 0 Å². The van der Waals surface area contributed by atoms with Crippen molar-refractivity contribution in [3.8, 4) is 11.4 Å². The van der Waals surface area contributed by atoms with E-state index in [-0.39, 0.29) is 30.7 Å². The maximum Gasteiger partial charge on any atom is 0.251 e. The Kier molecular flexibility index (Phi) is 8.25. The van der Waals surface area contributed by atoms with Crippen LogP contribution in [0.15, 0.2) is 66.7 Å². The van der Waals surface area contributed by atoms with Crippen molar-refractivity contribution in [2.24, 2.45) is 0 Å². The van der Waals surface area contributed by atoms with Crippen molar-refractivity contribution in [1.82, 2.24) is 25.5 Å². The lowest BCUT2D eigenvalue weighted by molar-refractivity contribution is -0.127. The molecule has 0 saturated heterocycles. The summed E-state index contributed by atoms with van der Waals surface area (Å²) >= 11 is 0. The zero-order valence-corrected chi connectivity index (χ0v) is 22.0. The number of aryl methyl sites for hydroxylation is 3. The monoisotopic (exact) mass is 514 g/mol. The predicted octanol–water partition coefficient (Wildman–Crippen LogP) is 4.53.